The van der Waals surface area contributed by atoms with Gasteiger partial charge in [0.2, 0.25) is 0 Å². The third kappa shape index (κ3) is 9.62. The van der Waals surface area contributed by atoms with Gasteiger partial charge in [0.1, 0.15) is 12.1 Å². The minimum Gasteiger partial charge on any atom is -0.459 e. The van der Waals surface area contributed by atoms with E-state index in [-0.39, 0.29) is 18.0 Å². The molecule has 0 spiro atoms. The van der Waals surface area contributed by atoms with Crippen molar-refractivity contribution in [2.24, 2.45) is 5.92 Å². The molecule has 0 aromatic heterocycles. The summed E-state index contributed by atoms with van der Waals surface area (Å²) in [6.45, 7) is 8.28. The molecule has 0 bridgehead atoms. The molecule has 1 aromatic carbocycles. The number of rotatable bonds is 7. The van der Waals surface area contributed by atoms with E-state index in [1.807, 2.05) is 13.8 Å². The van der Waals surface area contributed by atoms with Crippen LogP contribution in [0.5, 0.6) is 0 Å². The minimum absolute atomic E-state index is 0.0128. The number of alkyl halides is 3. The largest absolute Gasteiger partial charge is 0.459 e. The molecule has 2 N–H and O–H groups in total. The summed E-state index contributed by atoms with van der Waals surface area (Å²) >= 11 is 0. The summed E-state index contributed by atoms with van der Waals surface area (Å²) in [4.78, 5) is 36.2. The van der Waals surface area contributed by atoms with Gasteiger partial charge < -0.3 is 14.8 Å². The van der Waals surface area contributed by atoms with Gasteiger partial charge in [0.15, 0.2) is 6.10 Å². The lowest BCUT2D eigenvalue weighted by atomic mass is 10.1. The zero-order chi connectivity index (χ0) is 23.1. The van der Waals surface area contributed by atoms with E-state index in [0.29, 0.717) is 0 Å². The number of carbonyl (C=O) groups excluding carboxylic acids is 3. The van der Waals surface area contributed by atoms with Gasteiger partial charge in [-0.15, -0.1) is 0 Å². The predicted molar refractivity (Wildman–Crippen MR) is 104 cm³/mol. The maximum atomic E-state index is 12.6. The van der Waals surface area contributed by atoms with Crippen LogP contribution in [0.15, 0.2) is 24.3 Å². The second-order valence-electron chi connectivity index (χ2n) is 8.03. The zero-order valence-electron chi connectivity index (χ0n) is 17.6. The molecule has 1 aromatic rings. The second kappa shape index (κ2) is 10.3. The molecule has 0 saturated heterocycles. The SMILES string of the molecule is CC(C)C[C@H](OC(=O)Nc1ccc(C(F)(F)F)cc1)C(=O)NCC(=O)OC(C)(C)C. The number of nitrogens with one attached hydrogen (secondary N) is 2. The topological polar surface area (TPSA) is 93.7 Å². The highest BCUT2D eigenvalue weighted by atomic mass is 19.4. The Labute approximate surface area is 173 Å². The first-order valence-corrected chi connectivity index (χ1v) is 9.32. The van der Waals surface area contributed by atoms with Gasteiger partial charge in [0.05, 0.1) is 5.56 Å². The Bertz CT molecular complexity index is 740. The fourth-order valence-electron chi connectivity index (χ4n) is 2.31. The van der Waals surface area contributed by atoms with E-state index in [1.165, 1.54) is 0 Å². The quantitative estimate of drug-likeness (QED) is 0.632. The van der Waals surface area contributed by atoms with E-state index in [9.17, 15) is 27.6 Å². The van der Waals surface area contributed by atoms with Crippen LogP contribution in [0.2, 0.25) is 0 Å². The standard InChI is InChI=1S/C20H27F3N2O5/c1-12(2)10-15(17(27)24-11-16(26)30-19(3,4)5)29-18(28)25-14-8-6-13(7-9-14)20(21,22)23/h6-9,12,15H,10-11H2,1-5H3,(H,24,27)(H,25,28)/t15-/m0/s1. The second-order valence-corrected chi connectivity index (χ2v) is 8.03. The van der Waals surface area contributed by atoms with Crippen molar-refractivity contribution in [1.82, 2.24) is 5.32 Å². The number of esters is 1. The summed E-state index contributed by atoms with van der Waals surface area (Å²) in [7, 11) is 0. The number of hydrogen-bond donors (Lipinski definition) is 2. The molecule has 0 aliphatic heterocycles. The summed E-state index contributed by atoms with van der Waals surface area (Å²) in [5.74, 6) is -1.34. The molecule has 2 amide bonds. The van der Waals surface area contributed by atoms with Crippen molar-refractivity contribution < 1.29 is 37.0 Å². The van der Waals surface area contributed by atoms with Gasteiger partial charge in [0, 0.05) is 5.69 Å². The molecule has 7 nitrogen and oxygen atoms in total. The summed E-state index contributed by atoms with van der Waals surface area (Å²) in [6, 6.07) is 3.78. The van der Waals surface area contributed by atoms with Gasteiger partial charge in [-0.1, -0.05) is 13.8 Å². The highest BCUT2D eigenvalue weighted by Crippen LogP contribution is 2.29. The van der Waals surface area contributed by atoms with Crippen molar-refractivity contribution >= 4 is 23.7 Å². The van der Waals surface area contributed by atoms with E-state index in [0.717, 1.165) is 24.3 Å². The van der Waals surface area contributed by atoms with Crippen molar-refractivity contribution in [3.63, 3.8) is 0 Å². The van der Waals surface area contributed by atoms with E-state index in [1.54, 1.807) is 20.8 Å². The van der Waals surface area contributed by atoms with Crippen LogP contribution in [-0.2, 0) is 25.2 Å². The molecule has 30 heavy (non-hydrogen) atoms. The van der Waals surface area contributed by atoms with E-state index >= 15 is 0 Å². The van der Waals surface area contributed by atoms with Crippen LogP contribution in [-0.4, -0.2) is 36.2 Å². The summed E-state index contributed by atoms with van der Waals surface area (Å²) in [5, 5.41) is 4.64. The Hall–Kier alpha value is -2.78. The Morgan fingerprint density at radius 2 is 1.60 bits per heavy atom. The fourth-order valence-corrected chi connectivity index (χ4v) is 2.31. The van der Waals surface area contributed by atoms with Crippen molar-refractivity contribution in [1.29, 1.82) is 0 Å². The molecule has 10 heteroatoms. The lowest BCUT2D eigenvalue weighted by molar-refractivity contribution is -0.155. The van der Waals surface area contributed by atoms with E-state index in [2.05, 4.69) is 10.6 Å². The maximum Gasteiger partial charge on any atom is 0.416 e. The molecule has 1 atom stereocenters. The Morgan fingerprint density at radius 1 is 1.03 bits per heavy atom. The molecule has 0 aliphatic rings. The summed E-state index contributed by atoms with van der Waals surface area (Å²) in [5.41, 5.74) is -1.50. The highest BCUT2D eigenvalue weighted by Gasteiger charge is 2.30. The van der Waals surface area contributed by atoms with Gasteiger partial charge in [0.25, 0.3) is 5.91 Å². The summed E-state index contributed by atoms with van der Waals surface area (Å²) < 4.78 is 48.0. The lowest BCUT2D eigenvalue weighted by Crippen LogP contribution is -2.42. The van der Waals surface area contributed by atoms with Gasteiger partial charge >= 0.3 is 18.2 Å². The number of ether oxygens (including phenoxy) is 2. The first-order valence-electron chi connectivity index (χ1n) is 9.32. The third-order valence-electron chi connectivity index (χ3n) is 3.51. The predicted octanol–water partition coefficient (Wildman–Crippen LogP) is 4.13. The Morgan fingerprint density at radius 3 is 2.07 bits per heavy atom. The van der Waals surface area contributed by atoms with Crippen molar-refractivity contribution in [2.45, 2.75) is 58.9 Å². The van der Waals surface area contributed by atoms with E-state index < -0.39 is 48.0 Å². The third-order valence-corrected chi connectivity index (χ3v) is 3.51. The van der Waals surface area contributed by atoms with Crippen molar-refractivity contribution in [3.05, 3.63) is 29.8 Å². The summed E-state index contributed by atoms with van der Waals surface area (Å²) in [6.07, 6.45) is -6.51. The van der Waals surface area contributed by atoms with Crippen LogP contribution in [0, 0.1) is 5.92 Å². The molecule has 0 aliphatic carbocycles. The highest BCUT2D eigenvalue weighted by molar-refractivity contribution is 5.90. The average Bonchev–Trinajstić information content (AvgIpc) is 2.56. The molecule has 0 unspecified atom stereocenters. The Kier molecular flexibility index (Phi) is 8.68. The van der Waals surface area contributed by atoms with Gasteiger partial charge in [-0.25, -0.2) is 4.79 Å². The van der Waals surface area contributed by atoms with Crippen LogP contribution in [0.4, 0.5) is 23.7 Å². The molecule has 0 heterocycles. The molecule has 0 radical (unpaired) electrons. The van der Waals surface area contributed by atoms with Gasteiger partial charge in [-0.05, 0) is 57.4 Å². The lowest BCUT2D eigenvalue weighted by Gasteiger charge is -2.21. The van der Waals surface area contributed by atoms with Crippen molar-refractivity contribution in [2.75, 3.05) is 11.9 Å². The first kappa shape index (κ1) is 25.3. The monoisotopic (exact) mass is 432 g/mol. The molecule has 168 valence electrons. The average molecular weight is 432 g/mol. The number of benzene rings is 1. The number of halogens is 3. The van der Waals surface area contributed by atoms with Crippen LogP contribution < -0.4 is 10.6 Å². The molecular weight excluding hydrogens is 405 g/mol. The molecule has 1 rings (SSSR count). The molecule has 0 fully saturated rings. The number of carbonyl (C=O) groups is 3. The normalized spacial score (nSPS) is 12.8. The van der Waals surface area contributed by atoms with Crippen LogP contribution in [0.1, 0.15) is 46.6 Å². The van der Waals surface area contributed by atoms with Gasteiger partial charge in [-0.2, -0.15) is 13.2 Å². The molecular formula is C20H27F3N2O5. The number of hydrogen-bond acceptors (Lipinski definition) is 5. The fraction of sp³-hybridized carbons (Fsp3) is 0.550. The minimum atomic E-state index is -4.49. The number of anilines is 1. The number of amides is 2. The van der Waals surface area contributed by atoms with Crippen LogP contribution >= 0.6 is 0 Å². The van der Waals surface area contributed by atoms with E-state index in [4.69, 9.17) is 9.47 Å². The first-order chi connectivity index (χ1) is 13.7. The smallest absolute Gasteiger partial charge is 0.416 e. The zero-order valence-corrected chi connectivity index (χ0v) is 17.6. The van der Waals surface area contributed by atoms with Crippen LogP contribution in [0.25, 0.3) is 0 Å². The van der Waals surface area contributed by atoms with Crippen molar-refractivity contribution in [3.8, 4) is 0 Å². The van der Waals surface area contributed by atoms with Gasteiger partial charge in [-0.3, -0.25) is 14.9 Å². The maximum absolute atomic E-state index is 12.6. The molecule has 0 saturated carbocycles. The van der Waals surface area contributed by atoms with Crippen LogP contribution in [0.3, 0.4) is 0 Å². The Balaban J connectivity index is 2.69.